The molecule has 8 nitrogen and oxygen atoms in total. The van der Waals surface area contributed by atoms with Crippen LogP contribution in [-0.2, 0) is 32.6 Å². The third-order valence-electron chi connectivity index (χ3n) is 7.58. The number of hydrogen-bond acceptors (Lipinski definition) is 5. The monoisotopic (exact) mass is 661 g/mol. The largest absolute Gasteiger partial charge is 0.495 e. The minimum atomic E-state index is -4.26. The molecular formula is C36H40ClN3O5S. The lowest BCUT2D eigenvalue weighted by Gasteiger charge is -2.34. The Morgan fingerprint density at radius 1 is 0.870 bits per heavy atom. The first-order valence-corrected chi connectivity index (χ1v) is 16.9. The van der Waals surface area contributed by atoms with E-state index in [9.17, 15) is 18.0 Å². The van der Waals surface area contributed by atoms with Gasteiger partial charge in [-0.25, -0.2) is 8.42 Å². The lowest BCUT2D eigenvalue weighted by atomic mass is 10.0. The Morgan fingerprint density at radius 3 is 2.15 bits per heavy atom. The number of ether oxygens (including phenoxy) is 1. The first-order valence-electron chi connectivity index (χ1n) is 15.1. The number of nitrogens with one attached hydrogen (secondary N) is 1. The molecule has 0 saturated heterocycles. The van der Waals surface area contributed by atoms with Gasteiger partial charge in [-0.05, 0) is 73.4 Å². The minimum absolute atomic E-state index is 0.0280. The fourth-order valence-corrected chi connectivity index (χ4v) is 6.59. The quantitative estimate of drug-likeness (QED) is 0.171. The standard InChI is InChI=1S/C36H40ClN3O5S/c1-5-21-38-36(42)33(23-28-9-7-6-8-10-28)39(24-29-14-16-30(37)17-15-29)35(41)25-40(32-22-27(3)13-20-34(32)45-4)46(43,44)31-18-11-26(2)12-19-31/h6-20,22,33H,5,21,23-25H2,1-4H3,(H,38,42). The molecule has 4 aromatic rings. The molecule has 4 aromatic carbocycles. The molecule has 0 radical (unpaired) electrons. The van der Waals surface area contributed by atoms with Crippen LogP contribution in [0.1, 0.15) is 35.6 Å². The average Bonchev–Trinajstić information content (AvgIpc) is 3.05. The maximum Gasteiger partial charge on any atom is 0.264 e. The molecule has 0 bridgehead atoms. The van der Waals surface area contributed by atoms with Crippen LogP contribution in [0.15, 0.2) is 102 Å². The number of halogens is 1. The van der Waals surface area contributed by atoms with Crippen LogP contribution in [0, 0.1) is 13.8 Å². The predicted molar refractivity (Wildman–Crippen MR) is 183 cm³/mol. The smallest absolute Gasteiger partial charge is 0.264 e. The van der Waals surface area contributed by atoms with Crippen LogP contribution in [0.2, 0.25) is 5.02 Å². The molecule has 2 amide bonds. The van der Waals surface area contributed by atoms with Crippen molar-refractivity contribution in [3.8, 4) is 5.75 Å². The van der Waals surface area contributed by atoms with Gasteiger partial charge in [-0.3, -0.25) is 13.9 Å². The maximum absolute atomic E-state index is 14.6. The molecule has 0 aliphatic rings. The Labute approximate surface area is 277 Å². The van der Waals surface area contributed by atoms with Crippen LogP contribution in [0.4, 0.5) is 5.69 Å². The summed E-state index contributed by atoms with van der Waals surface area (Å²) in [6, 6.07) is 27.1. The summed E-state index contributed by atoms with van der Waals surface area (Å²) in [6.45, 7) is 5.56. The van der Waals surface area contributed by atoms with Gasteiger partial charge < -0.3 is 15.0 Å². The molecule has 0 spiro atoms. The normalized spacial score (nSPS) is 11.8. The highest BCUT2D eigenvalue weighted by Gasteiger charge is 2.35. The number of carbonyl (C=O) groups excluding carboxylic acids is 2. The van der Waals surface area contributed by atoms with Crippen molar-refractivity contribution in [1.82, 2.24) is 10.2 Å². The van der Waals surface area contributed by atoms with Crippen molar-refractivity contribution in [3.05, 3.63) is 124 Å². The molecular weight excluding hydrogens is 622 g/mol. The molecule has 0 heterocycles. The summed E-state index contributed by atoms with van der Waals surface area (Å²) in [5.41, 5.74) is 3.49. The van der Waals surface area contributed by atoms with Gasteiger partial charge >= 0.3 is 0 Å². The molecule has 10 heteroatoms. The van der Waals surface area contributed by atoms with Gasteiger partial charge in [-0.2, -0.15) is 0 Å². The van der Waals surface area contributed by atoms with Gasteiger partial charge in [0.05, 0.1) is 17.7 Å². The van der Waals surface area contributed by atoms with Gasteiger partial charge in [-0.15, -0.1) is 0 Å². The van der Waals surface area contributed by atoms with Crippen LogP contribution >= 0.6 is 11.6 Å². The first-order chi connectivity index (χ1) is 22.0. The van der Waals surface area contributed by atoms with Crippen LogP contribution in [0.25, 0.3) is 0 Å². The highest BCUT2D eigenvalue weighted by atomic mass is 35.5. The summed E-state index contributed by atoms with van der Waals surface area (Å²) in [7, 11) is -2.81. The fourth-order valence-electron chi connectivity index (χ4n) is 5.05. The molecule has 0 fully saturated rings. The van der Waals surface area contributed by atoms with E-state index in [4.69, 9.17) is 16.3 Å². The number of hydrogen-bond donors (Lipinski definition) is 1. The Kier molecular flexibility index (Phi) is 11.8. The van der Waals surface area contributed by atoms with Crippen molar-refractivity contribution in [2.45, 2.75) is 51.1 Å². The summed E-state index contributed by atoms with van der Waals surface area (Å²) in [5.74, 6) is -0.587. The Hall–Kier alpha value is -4.34. The molecule has 4 rings (SSSR count). The third kappa shape index (κ3) is 8.68. The molecule has 0 aliphatic carbocycles. The van der Waals surface area contributed by atoms with Crippen molar-refractivity contribution in [1.29, 1.82) is 0 Å². The Balaban J connectivity index is 1.84. The highest BCUT2D eigenvalue weighted by Crippen LogP contribution is 2.34. The van der Waals surface area contributed by atoms with Gasteiger partial charge in [0.2, 0.25) is 11.8 Å². The van der Waals surface area contributed by atoms with E-state index in [0.717, 1.165) is 26.6 Å². The number of carbonyl (C=O) groups is 2. The van der Waals surface area contributed by atoms with Gasteiger partial charge in [0.1, 0.15) is 18.3 Å². The van der Waals surface area contributed by atoms with Crippen LogP contribution in [-0.4, -0.2) is 51.4 Å². The minimum Gasteiger partial charge on any atom is -0.495 e. The fraction of sp³-hybridized carbons (Fsp3) is 0.278. The topological polar surface area (TPSA) is 96.0 Å². The number of methoxy groups -OCH3 is 1. The Bertz CT molecular complexity index is 1730. The molecule has 1 atom stereocenters. The zero-order chi connectivity index (χ0) is 33.3. The van der Waals surface area contributed by atoms with E-state index >= 15 is 0 Å². The molecule has 0 aromatic heterocycles. The van der Waals surface area contributed by atoms with Gasteiger partial charge in [-0.1, -0.05) is 84.8 Å². The molecule has 242 valence electrons. The second kappa shape index (κ2) is 15.8. The summed E-state index contributed by atoms with van der Waals surface area (Å²) in [4.78, 5) is 29.9. The molecule has 0 saturated carbocycles. The third-order valence-corrected chi connectivity index (χ3v) is 9.60. The number of anilines is 1. The number of benzene rings is 4. The van der Waals surface area contributed by atoms with E-state index in [2.05, 4.69) is 5.32 Å². The highest BCUT2D eigenvalue weighted by molar-refractivity contribution is 7.92. The van der Waals surface area contributed by atoms with E-state index in [1.165, 1.54) is 24.1 Å². The number of rotatable bonds is 14. The van der Waals surface area contributed by atoms with Crippen molar-refractivity contribution < 1.29 is 22.7 Å². The second-order valence-corrected chi connectivity index (χ2v) is 13.4. The van der Waals surface area contributed by atoms with Crippen LogP contribution < -0.4 is 14.4 Å². The SMILES string of the molecule is CCCNC(=O)C(Cc1ccccc1)N(Cc1ccc(Cl)cc1)C(=O)CN(c1cc(C)ccc1OC)S(=O)(=O)c1ccc(C)cc1. The maximum atomic E-state index is 14.6. The van der Waals surface area contributed by atoms with Gasteiger partial charge in [0.15, 0.2) is 0 Å². The number of aryl methyl sites for hydroxylation is 2. The number of sulfonamides is 1. The number of amides is 2. The van der Waals surface area contributed by atoms with E-state index in [1.807, 2.05) is 57.2 Å². The summed E-state index contributed by atoms with van der Waals surface area (Å²) < 4.78 is 35.3. The summed E-state index contributed by atoms with van der Waals surface area (Å²) in [5, 5.41) is 3.48. The number of nitrogens with zero attached hydrogens (tertiary/aromatic N) is 2. The van der Waals surface area contributed by atoms with E-state index in [1.54, 1.807) is 48.5 Å². The zero-order valence-corrected chi connectivity index (χ0v) is 28.1. The molecule has 1 N–H and O–H groups in total. The lowest BCUT2D eigenvalue weighted by Crippen LogP contribution is -2.53. The summed E-state index contributed by atoms with van der Waals surface area (Å²) in [6.07, 6.45) is 0.943. The molecule has 1 unspecified atom stereocenters. The van der Waals surface area contributed by atoms with E-state index < -0.39 is 28.5 Å². The Morgan fingerprint density at radius 2 is 1.52 bits per heavy atom. The van der Waals surface area contributed by atoms with Crippen molar-refractivity contribution in [2.24, 2.45) is 0 Å². The van der Waals surface area contributed by atoms with Gasteiger partial charge in [0.25, 0.3) is 10.0 Å². The molecule has 46 heavy (non-hydrogen) atoms. The second-order valence-electron chi connectivity index (χ2n) is 11.1. The molecule has 0 aliphatic heterocycles. The van der Waals surface area contributed by atoms with Crippen molar-refractivity contribution in [2.75, 3.05) is 24.5 Å². The van der Waals surface area contributed by atoms with E-state index in [0.29, 0.717) is 23.7 Å². The van der Waals surface area contributed by atoms with Crippen molar-refractivity contribution in [3.63, 3.8) is 0 Å². The summed E-state index contributed by atoms with van der Waals surface area (Å²) >= 11 is 6.15. The van der Waals surface area contributed by atoms with Crippen molar-refractivity contribution >= 4 is 39.1 Å². The average molecular weight is 662 g/mol. The lowest BCUT2D eigenvalue weighted by molar-refractivity contribution is -0.140. The first kappa shape index (κ1) is 34.5. The van der Waals surface area contributed by atoms with Crippen LogP contribution in [0.5, 0.6) is 5.75 Å². The van der Waals surface area contributed by atoms with E-state index in [-0.39, 0.29) is 29.5 Å². The van der Waals surface area contributed by atoms with Gasteiger partial charge in [0, 0.05) is 24.5 Å². The zero-order valence-electron chi connectivity index (χ0n) is 26.6. The van der Waals surface area contributed by atoms with Crippen LogP contribution in [0.3, 0.4) is 0 Å². The predicted octanol–water partition coefficient (Wildman–Crippen LogP) is 6.33.